The molecule has 1 aliphatic rings. The normalized spacial score (nSPS) is 14.8. The fraction of sp³-hybridized carbons (Fsp3) is 0.350. The molecule has 1 N–H and O–H groups in total. The molecule has 4 heterocycles. The minimum absolute atomic E-state index is 0.0978. The number of amides is 1. The van der Waals surface area contributed by atoms with Crippen molar-refractivity contribution in [1.29, 1.82) is 5.26 Å². The largest absolute Gasteiger partial charge is 0.354 e. The molecule has 1 aliphatic heterocycles. The second-order valence-corrected chi connectivity index (χ2v) is 6.96. The molecule has 3 aromatic heterocycles. The molecule has 4 rings (SSSR count). The van der Waals surface area contributed by atoms with Crippen molar-refractivity contribution < 1.29 is 4.79 Å². The molecule has 0 aromatic carbocycles. The summed E-state index contributed by atoms with van der Waals surface area (Å²) in [6.45, 7) is 4.07. The number of nitriles is 1. The minimum atomic E-state index is -0.0978. The Labute approximate surface area is 162 Å². The summed E-state index contributed by atoms with van der Waals surface area (Å²) >= 11 is 0. The lowest BCUT2D eigenvalue weighted by Crippen LogP contribution is -2.39. The fourth-order valence-electron chi connectivity index (χ4n) is 3.70. The summed E-state index contributed by atoms with van der Waals surface area (Å²) in [4.78, 5) is 27.6. The van der Waals surface area contributed by atoms with Crippen LogP contribution in [-0.4, -0.2) is 44.9 Å². The summed E-state index contributed by atoms with van der Waals surface area (Å²) in [5.41, 5.74) is 2.45. The van der Waals surface area contributed by atoms with Gasteiger partial charge in [-0.3, -0.25) is 9.20 Å². The molecule has 0 atom stereocenters. The van der Waals surface area contributed by atoms with Gasteiger partial charge in [0.2, 0.25) is 0 Å². The molecule has 0 aliphatic carbocycles. The minimum Gasteiger partial charge on any atom is -0.354 e. The molecular formula is C20H21N7O. The van der Waals surface area contributed by atoms with E-state index >= 15 is 0 Å². The number of nitrogens with zero attached hydrogens (tertiary/aromatic N) is 6. The Balaban J connectivity index is 1.36. The summed E-state index contributed by atoms with van der Waals surface area (Å²) in [6.07, 6.45) is 6.85. The Bertz CT molecular complexity index is 1040. The van der Waals surface area contributed by atoms with Gasteiger partial charge >= 0.3 is 0 Å². The summed E-state index contributed by atoms with van der Waals surface area (Å²) in [7, 11) is 0. The van der Waals surface area contributed by atoms with Gasteiger partial charge in [0.25, 0.3) is 5.91 Å². The van der Waals surface area contributed by atoms with E-state index in [-0.39, 0.29) is 5.91 Å². The zero-order valence-corrected chi connectivity index (χ0v) is 15.7. The zero-order valence-electron chi connectivity index (χ0n) is 15.7. The van der Waals surface area contributed by atoms with Crippen LogP contribution >= 0.6 is 0 Å². The van der Waals surface area contributed by atoms with Crippen molar-refractivity contribution in [2.45, 2.75) is 19.8 Å². The zero-order chi connectivity index (χ0) is 19.5. The molecule has 3 aromatic rings. The highest BCUT2D eigenvalue weighted by atomic mass is 16.1. The van der Waals surface area contributed by atoms with Crippen molar-refractivity contribution >= 4 is 17.4 Å². The van der Waals surface area contributed by atoms with Gasteiger partial charge in [-0.15, -0.1) is 0 Å². The Kier molecular flexibility index (Phi) is 4.89. The van der Waals surface area contributed by atoms with E-state index in [1.807, 2.05) is 35.7 Å². The van der Waals surface area contributed by atoms with Gasteiger partial charge in [0.05, 0.1) is 5.69 Å². The topological polar surface area (TPSA) is 99.2 Å². The number of hydrogen-bond donors (Lipinski definition) is 1. The third kappa shape index (κ3) is 3.39. The molecule has 0 saturated carbocycles. The number of nitrogens with one attached hydrogen (secondary N) is 1. The van der Waals surface area contributed by atoms with Crippen LogP contribution in [0.25, 0.3) is 5.65 Å². The average molecular weight is 375 g/mol. The number of hydrogen-bond acceptors (Lipinski definition) is 6. The maximum absolute atomic E-state index is 12.7. The number of carbonyl (C=O) groups is 1. The highest BCUT2D eigenvalue weighted by molar-refractivity contribution is 5.94. The average Bonchev–Trinajstić information content (AvgIpc) is 3.08. The van der Waals surface area contributed by atoms with Crippen molar-refractivity contribution in [3.8, 4) is 6.07 Å². The van der Waals surface area contributed by atoms with Gasteiger partial charge in [0.15, 0.2) is 11.5 Å². The number of aryl methyl sites for hydroxylation is 1. The lowest BCUT2D eigenvalue weighted by molar-refractivity contribution is 0.0938. The standard InChI is InChI=1S/C20H21N7O/c1-14-18(27-9-3-2-4-17(27)25-14)20(28)24-13-15-5-10-26(11-6-15)19-16(12-21)22-7-8-23-19/h2-4,7-9,15H,5-6,10-11,13H2,1H3,(H,24,28). The third-order valence-corrected chi connectivity index (χ3v) is 5.17. The van der Waals surface area contributed by atoms with Crippen LogP contribution in [0.1, 0.15) is 34.7 Å². The van der Waals surface area contributed by atoms with Gasteiger partial charge in [-0.25, -0.2) is 15.0 Å². The van der Waals surface area contributed by atoms with Crippen LogP contribution in [0.15, 0.2) is 36.8 Å². The molecule has 28 heavy (non-hydrogen) atoms. The quantitative estimate of drug-likeness (QED) is 0.748. The fourth-order valence-corrected chi connectivity index (χ4v) is 3.70. The van der Waals surface area contributed by atoms with Crippen molar-refractivity contribution in [2.24, 2.45) is 5.92 Å². The molecule has 142 valence electrons. The Hall–Kier alpha value is -3.47. The number of imidazole rings is 1. The molecular weight excluding hydrogens is 354 g/mol. The van der Waals surface area contributed by atoms with Crippen LogP contribution in [-0.2, 0) is 0 Å². The second kappa shape index (κ2) is 7.64. The van der Waals surface area contributed by atoms with E-state index in [9.17, 15) is 10.1 Å². The van der Waals surface area contributed by atoms with Gasteiger partial charge in [0.1, 0.15) is 17.4 Å². The molecule has 0 bridgehead atoms. The van der Waals surface area contributed by atoms with Crippen molar-refractivity contribution in [1.82, 2.24) is 24.7 Å². The van der Waals surface area contributed by atoms with E-state index in [1.165, 1.54) is 6.20 Å². The van der Waals surface area contributed by atoms with Crippen LogP contribution in [0.2, 0.25) is 0 Å². The Morgan fingerprint density at radius 2 is 2.07 bits per heavy atom. The van der Waals surface area contributed by atoms with Gasteiger partial charge in [-0.2, -0.15) is 5.26 Å². The molecule has 1 amide bonds. The van der Waals surface area contributed by atoms with E-state index in [4.69, 9.17) is 0 Å². The van der Waals surface area contributed by atoms with E-state index in [1.54, 1.807) is 6.20 Å². The van der Waals surface area contributed by atoms with Gasteiger partial charge in [0, 0.05) is 38.2 Å². The monoisotopic (exact) mass is 375 g/mol. The SMILES string of the molecule is Cc1nc2ccccn2c1C(=O)NCC1CCN(c2nccnc2C#N)CC1. The van der Waals surface area contributed by atoms with Crippen LogP contribution in [0.5, 0.6) is 0 Å². The van der Waals surface area contributed by atoms with E-state index in [0.717, 1.165) is 37.3 Å². The number of rotatable bonds is 4. The van der Waals surface area contributed by atoms with Crippen LogP contribution in [0.3, 0.4) is 0 Å². The first-order chi connectivity index (χ1) is 13.7. The summed E-state index contributed by atoms with van der Waals surface area (Å²) < 4.78 is 1.82. The molecule has 8 heteroatoms. The first kappa shape index (κ1) is 17.9. The maximum Gasteiger partial charge on any atom is 0.270 e. The van der Waals surface area contributed by atoms with Gasteiger partial charge in [-0.05, 0) is 37.8 Å². The molecule has 1 fully saturated rings. The molecule has 0 unspecified atom stereocenters. The molecule has 1 saturated heterocycles. The smallest absolute Gasteiger partial charge is 0.270 e. The first-order valence-electron chi connectivity index (χ1n) is 9.35. The summed E-state index contributed by atoms with van der Waals surface area (Å²) in [5.74, 6) is 0.940. The lowest BCUT2D eigenvalue weighted by atomic mass is 9.96. The number of carbonyl (C=O) groups excluding carboxylic acids is 1. The van der Waals surface area contributed by atoms with E-state index in [2.05, 4.69) is 31.2 Å². The predicted molar refractivity (Wildman–Crippen MR) is 104 cm³/mol. The third-order valence-electron chi connectivity index (χ3n) is 5.17. The number of anilines is 1. The van der Waals surface area contributed by atoms with Crippen molar-refractivity contribution in [3.05, 3.63) is 53.9 Å². The van der Waals surface area contributed by atoms with Crippen LogP contribution < -0.4 is 10.2 Å². The van der Waals surface area contributed by atoms with Crippen molar-refractivity contribution in [3.63, 3.8) is 0 Å². The Morgan fingerprint density at radius 1 is 1.29 bits per heavy atom. The lowest BCUT2D eigenvalue weighted by Gasteiger charge is -2.32. The highest BCUT2D eigenvalue weighted by Gasteiger charge is 2.24. The Morgan fingerprint density at radius 3 is 2.86 bits per heavy atom. The molecule has 0 radical (unpaired) electrons. The summed E-state index contributed by atoms with van der Waals surface area (Å²) in [5, 5.41) is 12.3. The maximum atomic E-state index is 12.7. The number of fused-ring (bicyclic) bond motifs is 1. The van der Waals surface area contributed by atoms with Gasteiger partial charge < -0.3 is 10.2 Å². The van der Waals surface area contributed by atoms with Gasteiger partial charge in [-0.1, -0.05) is 6.07 Å². The second-order valence-electron chi connectivity index (χ2n) is 6.96. The van der Waals surface area contributed by atoms with Crippen molar-refractivity contribution in [2.75, 3.05) is 24.5 Å². The number of pyridine rings is 1. The predicted octanol–water partition coefficient (Wildman–Crippen LogP) is 1.95. The molecule has 0 spiro atoms. The molecule has 8 nitrogen and oxygen atoms in total. The number of piperidine rings is 1. The first-order valence-corrected chi connectivity index (χ1v) is 9.35. The number of aromatic nitrogens is 4. The van der Waals surface area contributed by atoms with E-state index in [0.29, 0.717) is 29.7 Å². The van der Waals surface area contributed by atoms with E-state index < -0.39 is 0 Å². The highest BCUT2D eigenvalue weighted by Crippen LogP contribution is 2.23. The van der Waals surface area contributed by atoms with Crippen LogP contribution in [0.4, 0.5) is 5.82 Å². The summed E-state index contributed by atoms with van der Waals surface area (Å²) in [6, 6.07) is 7.79. The van der Waals surface area contributed by atoms with Crippen LogP contribution in [0, 0.1) is 24.2 Å².